The molecule has 1 fully saturated rings. The number of carbonyl (C=O) groups excluding carboxylic acids is 1. The second-order valence-electron chi connectivity index (χ2n) is 8.01. The predicted octanol–water partition coefficient (Wildman–Crippen LogP) is 3.86. The molecule has 0 bridgehead atoms. The maximum absolute atomic E-state index is 12.8. The van der Waals surface area contributed by atoms with E-state index in [0.717, 1.165) is 30.0 Å². The fraction of sp³-hybridized carbons (Fsp3) is 0.360. The van der Waals surface area contributed by atoms with E-state index >= 15 is 0 Å². The number of nitrogens with zero attached hydrogens (tertiary/aromatic N) is 4. The van der Waals surface area contributed by atoms with Gasteiger partial charge in [-0.1, -0.05) is 6.07 Å². The van der Waals surface area contributed by atoms with Gasteiger partial charge in [0.05, 0.1) is 37.8 Å². The van der Waals surface area contributed by atoms with Crippen LogP contribution >= 0.6 is 0 Å². The standard InChI is InChI=1S/C25H29N5O3/c1-18-15-21(32-2)9-7-19(18)5-3-6-24(31)30-13-14-33-23(17-30)22-10-8-20(16-28-22)29-25-26-11-4-12-27-25/h4,7-12,15-16,23H,3,5-6,13-14,17H2,1-2H3,(H,26,27,29)/t23-/m1/s1. The summed E-state index contributed by atoms with van der Waals surface area (Å²) in [5.74, 6) is 1.54. The van der Waals surface area contributed by atoms with Gasteiger partial charge in [-0.05, 0) is 61.2 Å². The summed E-state index contributed by atoms with van der Waals surface area (Å²) in [5.41, 5.74) is 4.04. The molecular formula is C25H29N5O3. The first-order valence-corrected chi connectivity index (χ1v) is 11.2. The van der Waals surface area contributed by atoms with Crippen LogP contribution in [0.2, 0.25) is 0 Å². The number of pyridine rings is 1. The monoisotopic (exact) mass is 447 g/mol. The average Bonchev–Trinajstić information content (AvgIpc) is 2.86. The Morgan fingerprint density at radius 1 is 1.21 bits per heavy atom. The van der Waals surface area contributed by atoms with Gasteiger partial charge in [-0.25, -0.2) is 9.97 Å². The van der Waals surface area contributed by atoms with Gasteiger partial charge in [0.1, 0.15) is 11.9 Å². The van der Waals surface area contributed by atoms with Crippen molar-refractivity contribution in [1.82, 2.24) is 19.9 Å². The maximum atomic E-state index is 12.8. The van der Waals surface area contributed by atoms with E-state index < -0.39 is 0 Å². The van der Waals surface area contributed by atoms with Crippen molar-refractivity contribution in [3.05, 3.63) is 71.8 Å². The molecule has 33 heavy (non-hydrogen) atoms. The molecule has 3 aromatic rings. The lowest BCUT2D eigenvalue weighted by Gasteiger charge is -2.32. The van der Waals surface area contributed by atoms with Crippen LogP contribution in [-0.4, -0.2) is 52.6 Å². The van der Waals surface area contributed by atoms with Gasteiger partial charge in [-0.2, -0.15) is 0 Å². The topological polar surface area (TPSA) is 89.5 Å². The predicted molar refractivity (Wildman–Crippen MR) is 125 cm³/mol. The Bertz CT molecular complexity index is 1060. The molecule has 3 heterocycles. The number of aryl methyl sites for hydroxylation is 2. The van der Waals surface area contributed by atoms with Gasteiger partial charge in [-0.3, -0.25) is 9.78 Å². The highest BCUT2D eigenvalue weighted by Crippen LogP contribution is 2.23. The summed E-state index contributed by atoms with van der Waals surface area (Å²) in [7, 11) is 1.67. The number of aromatic nitrogens is 3. The number of rotatable bonds is 8. The highest BCUT2D eigenvalue weighted by molar-refractivity contribution is 5.76. The van der Waals surface area contributed by atoms with E-state index in [1.807, 2.05) is 29.2 Å². The van der Waals surface area contributed by atoms with Crippen molar-refractivity contribution in [1.29, 1.82) is 0 Å². The molecule has 1 atom stereocenters. The highest BCUT2D eigenvalue weighted by atomic mass is 16.5. The first kappa shape index (κ1) is 22.7. The number of anilines is 2. The lowest BCUT2D eigenvalue weighted by molar-refractivity contribution is -0.139. The lowest BCUT2D eigenvalue weighted by atomic mass is 10.0. The van der Waals surface area contributed by atoms with Crippen LogP contribution in [0, 0.1) is 6.92 Å². The molecule has 1 N–H and O–H groups in total. The van der Waals surface area contributed by atoms with Crippen LogP contribution in [0.1, 0.15) is 35.8 Å². The van der Waals surface area contributed by atoms with Crippen molar-refractivity contribution >= 4 is 17.5 Å². The molecule has 1 aliphatic heterocycles. The zero-order chi connectivity index (χ0) is 23.0. The molecule has 0 aliphatic carbocycles. The number of morpholine rings is 1. The summed E-state index contributed by atoms with van der Waals surface area (Å²) in [5, 5.41) is 3.11. The summed E-state index contributed by atoms with van der Waals surface area (Å²) in [6, 6.07) is 11.7. The number of amides is 1. The van der Waals surface area contributed by atoms with Crippen LogP contribution in [0.25, 0.3) is 0 Å². The number of benzene rings is 1. The molecule has 1 amide bonds. The van der Waals surface area contributed by atoms with Crippen molar-refractivity contribution in [2.75, 3.05) is 32.1 Å². The van der Waals surface area contributed by atoms with E-state index in [0.29, 0.717) is 32.1 Å². The zero-order valence-electron chi connectivity index (χ0n) is 19.0. The summed E-state index contributed by atoms with van der Waals surface area (Å²) in [4.78, 5) is 27.5. The molecule has 0 spiro atoms. The van der Waals surface area contributed by atoms with Gasteiger partial charge >= 0.3 is 0 Å². The zero-order valence-corrected chi connectivity index (χ0v) is 19.0. The van der Waals surface area contributed by atoms with E-state index in [9.17, 15) is 4.79 Å². The smallest absolute Gasteiger partial charge is 0.227 e. The molecule has 4 rings (SSSR count). The van der Waals surface area contributed by atoms with Gasteiger partial charge in [0, 0.05) is 25.4 Å². The quantitative estimate of drug-likeness (QED) is 0.561. The van der Waals surface area contributed by atoms with E-state index in [-0.39, 0.29) is 12.0 Å². The minimum absolute atomic E-state index is 0.161. The van der Waals surface area contributed by atoms with Crippen LogP contribution in [0.4, 0.5) is 11.6 Å². The van der Waals surface area contributed by atoms with Crippen LogP contribution in [0.3, 0.4) is 0 Å². The summed E-state index contributed by atoms with van der Waals surface area (Å²) in [6.07, 6.45) is 7.06. The Hall–Kier alpha value is -3.52. The molecule has 2 aromatic heterocycles. The van der Waals surface area contributed by atoms with Gasteiger partial charge < -0.3 is 19.7 Å². The van der Waals surface area contributed by atoms with Crippen molar-refractivity contribution in [3.8, 4) is 5.75 Å². The molecule has 172 valence electrons. The number of nitrogens with one attached hydrogen (secondary N) is 1. The Kier molecular flexibility index (Phi) is 7.47. The SMILES string of the molecule is COc1ccc(CCCC(=O)N2CCO[C@@H](c3ccc(Nc4ncccn4)cn3)C2)c(C)c1. The van der Waals surface area contributed by atoms with E-state index in [1.54, 1.807) is 31.8 Å². The van der Waals surface area contributed by atoms with Crippen molar-refractivity contribution in [2.24, 2.45) is 0 Å². The van der Waals surface area contributed by atoms with Crippen LogP contribution < -0.4 is 10.1 Å². The van der Waals surface area contributed by atoms with Gasteiger partial charge in [0.15, 0.2) is 0 Å². The molecule has 1 aromatic carbocycles. The fourth-order valence-corrected chi connectivity index (χ4v) is 3.88. The third-order valence-electron chi connectivity index (χ3n) is 5.74. The molecule has 0 unspecified atom stereocenters. The first-order valence-electron chi connectivity index (χ1n) is 11.2. The van der Waals surface area contributed by atoms with E-state index in [1.165, 1.54) is 11.1 Å². The number of methoxy groups -OCH3 is 1. The van der Waals surface area contributed by atoms with Crippen molar-refractivity contribution in [3.63, 3.8) is 0 Å². The van der Waals surface area contributed by atoms with Crippen LogP contribution in [0.15, 0.2) is 55.0 Å². The molecule has 8 heteroatoms. The average molecular weight is 448 g/mol. The summed E-state index contributed by atoms with van der Waals surface area (Å²) >= 11 is 0. The van der Waals surface area contributed by atoms with Crippen molar-refractivity contribution < 1.29 is 14.3 Å². The molecule has 1 saturated heterocycles. The molecule has 8 nitrogen and oxygen atoms in total. The maximum Gasteiger partial charge on any atom is 0.227 e. The third kappa shape index (κ3) is 6.04. The lowest BCUT2D eigenvalue weighted by Crippen LogP contribution is -2.42. The summed E-state index contributed by atoms with van der Waals surface area (Å²) in [6.45, 7) is 3.71. The fourth-order valence-electron chi connectivity index (χ4n) is 3.88. The summed E-state index contributed by atoms with van der Waals surface area (Å²) < 4.78 is 11.2. The molecule has 0 radical (unpaired) electrons. The molecule has 1 aliphatic rings. The molecule has 0 saturated carbocycles. The van der Waals surface area contributed by atoms with Gasteiger partial charge in [0.25, 0.3) is 0 Å². The van der Waals surface area contributed by atoms with Gasteiger partial charge in [0.2, 0.25) is 11.9 Å². The van der Waals surface area contributed by atoms with Crippen LogP contribution in [-0.2, 0) is 16.0 Å². The number of ether oxygens (including phenoxy) is 2. The highest BCUT2D eigenvalue weighted by Gasteiger charge is 2.26. The number of hydrogen-bond donors (Lipinski definition) is 1. The van der Waals surface area contributed by atoms with Crippen molar-refractivity contribution in [2.45, 2.75) is 32.3 Å². The first-order chi connectivity index (χ1) is 16.1. The Labute approximate surface area is 194 Å². The largest absolute Gasteiger partial charge is 0.497 e. The van der Waals surface area contributed by atoms with E-state index in [4.69, 9.17) is 9.47 Å². The Morgan fingerprint density at radius 2 is 2.06 bits per heavy atom. The number of hydrogen-bond acceptors (Lipinski definition) is 7. The normalized spacial score (nSPS) is 15.8. The minimum Gasteiger partial charge on any atom is -0.497 e. The van der Waals surface area contributed by atoms with Gasteiger partial charge in [-0.15, -0.1) is 0 Å². The van der Waals surface area contributed by atoms with Crippen LogP contribution in [0.5, 0.6) is 5.75 Å². The Balaban J connectivity index is 1.28. The second kappa shape index (κ2) is 10.9. The second-order valence-corrected chi connectivity index (χ2v) is 8.01. The van der Waals surface area contributed by atoms with E-state index in [2.05, 4.69) is 33.3 Å². The Morgan fingerprint density at radius 3 is 2.79 bits per heavy atom. The third-order valence-corrected chi connectivity index (χ3v) is 5.74. The molecular weight excluding hydrogens is 418 g/mol. The number of carbonyl (C=O) groups is 1. The minimum atomic E-state index is -0.228.